The highest BCUT2D eigenvalue weighted by molar-refractivity contribution is 7.90. The van der Waals surface area contributed by atoms with E-state index < -0.39 is 10.0 Å². The van der Waals surface area contributed by atoms with Gasteiger partial charge in [-0.15, -0.1) is 0 Å². The van der Waals surface area contributed by atoms with E-state index in [-0.39, 0.29) is 11.3 Å². The largest absolute Gasteiger partial charge is 0.317 e. The first kappa shape index (κ1) is 15.9. The van der Waals surface area contributed by atoms with E-state index >= 15 is 0 Å². The molecular weight excluding hydrogens is 250 g/mol. The first-order valence-corrected chi connectivity index (χ1v) is 8.48. The van der Waals surface area contributed by atoms with E-state index in [1.54, 1.807) is 0 Å². The molecule has 0 bridgehead atoms. The van der Waals surface area contributed by atoms with Crippen molar-refractivity contribution in [3.05, 3.63) is 0 Å². The molecule has 1 atom stereocenters. The van der Waals surface area contributed by atoms with Crippen molar-refractivity contribution in [1.29, 1.82) is 0 Å². The highest BCUT2D eigenvalue weighted by Gasteiger charge is 2.28. The van der Waals surface area contributed by atoms with E-state index in [2.05, 4.69) is 28.8 Å². The molecule has 6 heteroatoms. The zero-order valence-corrected chi connectivity index (χ0v) is 12.6. The number of piperidine rings is 1. The van der Waals surface area contributed by atoms with Crippen molar-refractivity contribution in [3.63, 3.8) is 0 Å². The fourth-order valence-electron chi connectivity index (χ4n) is 2.39. The van der Waals surface area contributed by atoms with Crippen LogP contribution in [0, 0.1) is 0 Å². The van der Waals surface area contributed by atoms with Gasteiger partial charge in [0.1, 0.15) is 0 Å². The molecule has 18 heavy (non-hydrogen) atoms. The van der Waals surface area contributed by atoms with E-state index in [1.165, 1.54) is 0 Å². The molecule has 108 valence electrons. The third-order valence-corrected chi connectivity index (χ3v) is 5.60. The average molecular weight is 277 g/mol. The predicted octanol–water partition coefficient (Wildman–Crippen LogP) is 0.388. The van der Waals surface area contributed by atoms with Crippen LogP contribution >= 0.6 is 0 Å². The summed E-state index contributed by atoms with van der Waals surface area (Å²) in [4.78, 5) is 2.23. The molecule has 1 rings (SSSR count). The lowest BCUT2D eigenvalue weighted by Gasteiger charge is -2.27. The number of sulfonamides is 1. The fraction of sp³-hybridized carbons (Fsp3) is 1.00. The third-order valence-electron chi connectivity index (χ3n) is 3.52. The molecule has 1 fully saturated rings. The van der Waals surface area contributed by atoms with Gasteiger partial charge in [-0.2, -0.15) is 0 Å². The molecule has 1 saturated heterocycles. The minimum atomic E-state index is -3.16. The van der Waals surface area contributed by atoms with Gasteiger partial charge >= 0.3 is 0 Å². The molecule has 0 aliphatic carbocycles. The number of hydrogen-bond acceptors (Lipinski definition) is 4. The Morgan fingerprint density at radius 3 is 2.33 bits per heavy atom. The van der Waals surface area contributed by atoms with Crippen LogP contribution < -0.4 is 10.0 Å². The lowest BCUT2D eigenvalue weighted by Crippen LogP contribution is -2.47. The molecule has 5 nitrogen and oxygen atoms in total. The van der Waals surface area contributed by atoms with Crippen molar-refractivity contribution >= 4 is 10.0 Å². The SMILES string of the molecule is CCN(CC)CC(C)NS(=O)(=O)C1CCNCC1. The van der Waals surface area contributed by atoms with Crippen molar-refractivity contribution in [2.24, 2.45) is 0 Å². The molecule has 1 heterocycles. The molecule has 0 amide bonds. The summed E-state index contributed by atoms with van der Waals surface area (Å²) in [6.45, 7) is 10.4. The predicted molar refractivity (Wildman–Crippen MR) is 75.2 cm³/mol. The van der Waals surface area contributed by atoms with Crippen LogP contribution in [0.15, 0.2) is 0 Å². The van der Waals surface area contributed by atoms with Gasteiger partial charge < -0.3 is 10.2 Å². The summed E-state index contributed by atoms with van der Waals surface area (Å²) in [5.41, 5.74) is 0. The topological polar surface area (TPSA) is 61.4 Å². The van der Waals surface area contributed by atoms with Gasteiger partial charge in [0.05, 0.1) is 5.25 Å². The highest BCUT2D eigenvalue weighted by atomic mass is 32.2. The number of rotatable bonds is 7. The zero-order valence-electron chi connectivity index (χ0n) is 11.8. The zero-order chi connectivity index (χ0) is 13.6. The lowest BCUT2D eigenvalue weighted by molar-refractivity contribution is 0.282. The third kappa shape index (κ3) is 4.84. The molecule has 0 aromatic carbocycles. The smallest absolute Gasteiger partial charge is 0.214 e. The average Bonchev–Trinajstić information content (AvgIpc) is 2.36. The van der Waals surface area contributed by atoms with E-state index in [4.69, 9.17) is 0 Å². The lowest BCUT2D eigenvalue weighted by atomic mass is 10.2. The van der Waals surface area contributed by atoms with Crippen molar-refractivity contribution in [3.8, 4) is 0 Å². The van der Waals surface area contributed by atoms with E-state index in [1.807, 2.05) is 6.92 Å². The maximum Gasteiger partial charge on any atom is 0.214 e. The van der Waals surface area contributed by atoms with Crippen LogP contribution in [0.25, 0.3) is 0 Å². The minimum absolute atomic E-state index is 0.0233. The second-order valence-corrected chi connectivity index (χ2v) is 6.99. The van der Waals surface area contributed by atoms with Gasteiger partial charge in [-0.3, -0.25) is 0 Å². The van der Waals surface area contributed by atoms with Crippen LogP contribution in [0.2, 0.25) is 0 Å². The quantitative estimate of drug-likeness (QED) is 0.707. The Hall–Kier alpha value is -0.170. The molecule has 2 N–H and O–H groups in total. The molecule has 0 saturated carbocycles. The van der Waals surface area contributed by atoms with Crippen LogP contribution in [0.3, 0.4) is 0 Å². The second kappa shape index (κ2) is 7.43. The summed E-state index contributed by atoms with van der Waals surface area (Å²) in [5, 5.41) is 2.97. The molecule has 1 aliphatic rings. The molecule has 1 unspecified atom stereocenters. The number of nitrogens with zero attached hydrogens (tertiary/aromatic N) is 1. The molecule has 0 radical (unpaired) electrons. The van der Waals surface area contributed by atoms with Crippen LogP contribution in [-0.4, -0.2) is 57.3 Å². The van der Waals surface area contributed by atoms with Crippen molar-refractivity contribution in [2.45, 2.75) is 44.9 Å². The molecule has 0 aromatic rings. The first-order valence-electron chi connectivity index (χ1n) is 6.93. The van der Waals surface area contributed by atoms with Crippen molar-refractivity contribution in [1.82, 2.24) is 14.9 Å². The van der Waals surface area contributed by atoms with E-state index in [0.717, 1.165) is 32.7 Å². The standard InChI is InChI=1S/C12H27N3O2S/c1-4-15(5-2)10-11(3)14-18(16,17)12-6-8-13-9-7-12/h11-14H,4-10H2,1-3H3. The van der Waals surface area contributed by atoms with Crippen LogP contribution in [0.4, 0.5) is 0 Å². The molecular formula is C12H27N3O2S. The van der Waals surface area contributed by atoms with Gasteiger partial charge in [0.15, 0.2) is 0 Å². The number of hydrogen-bond donors (Lipinski definition) is 2. The summed E-state index contributed by atoms with van der Waals surface area (Å²) in [6.07, 6.45) is 1.43. The van der Waals surface area contributed by atoms with Gasteiger partial charge in [0.25, 0.3) is 0 Å². The summed E-state index contributed by atoms with van der Waals surface area (Å²) < 4.78 is 27.2. The Labute approximate surface area is 111 Å². The van der Waals surface area contributed by atoms with Crippen molar-refractivity contribution in [2.75, 3.05) is 32.7 Å². The Kier molecular flexibility index (Phi) is 6.55. The normalized spacial score (nSPS) is 20.2. The van der Waals surface area contributed by atoms with Gasteiger partial charge in [-0.25, -0.2) is 13.1 Å². The van der Waals surface area contributed by atoms with Gasteiger partial charge in [0.2, 0.25) is 10.0 Å². The Morgan fingerprint density at radius 2 is 1.83 bits per heavy atom. The fourth-order valence-corrected chi connectivity index (χ4v) is 4.07. The molecule has 1 aliphatic heterocycles. The highest BCUT2D eigenvalue weighted by Crippen LogP contribution is 2.12. The van der Waals surface area contributed by atoms with Gasteiger partial charge in [-0.05, 0) is 45.9 Å². The second-order valence-electron chi connectivity index (χ2n) is 5.00. The van der Waals surface area contributed by atoms with Gasteiger partial charge in [-0.1, -0.05) is 13.8 Å². The molecule has 0 spiro atoms. The van der Waals surface area contributed by atoms with Crippen LogP contribution in [-0.2, 0) is 10.0 Å². The maximum absolute atomic E-state index is 12.2. The monoisotopic (exact) mass is 277 g/mol. The summed E-state index contributed by atoms with van der Waals surface area (Å²) in [6, 6.07) is -0.0233. The molecule has 0 aromatic heterocycles. The van der Waals surface area contributed by atoms with Crippen LogP contribution in [0.1, 0.15) is 33.6 Å². The summed E-state index contributed by atoms with van der Waals surface area (Å²) in [7, 11) is -3.16. The Balaban J connectivity index is 2.48. The number of likely N-dealkylation sites (N-methyl/N-ethyl adjacent to an activating group) is 1. The van der Waals surface area contributed by atoms with E-state index in [0.29, 0.717) is 12.8 Å². The number of nitrogens with one attached hydrogen (secondary N) is 2. The van der Waals surface area contributed by atoms with Crippen molar-refractivity contribution < 1.29 is 8.42 Å². The Morgan fingerprint density at radius 1 is 1.28 bits per heavy atom. The maximum atomic E-state index is 12.2. The Bertz CT molecular complexity index is 322. The minimum Gasteiger partial charge on any atom is -0.317 e. The van der Waals surface area contributed by atoms with Gasteiger partial charge in [0, 0.05) is 12.6 Å². The summed E-state index contributed by atoms with van der Waals surface area (Å²) >= 11 is 0. The van der Waals surface area contributed by atoms with Crippen LogP contribution in [0.5, 0.6) is 0 Å². The first-order chi connectivity index (χ1) is 8.49. The summed E-state index contributed by atoms with van der Waals surface area (Å²) in [5.74, 6) is 0. The van der Waals surface area contributed by atoms with E-state index in [9.17, 15) is 8.42 Å².